The van der Waals surface area contributed by atoms with Gasteiger partial charge in [0.2, 0.25) is 0 Å². The maximum atomic E-state index is 14.0. The summed E-state index contributed by atoms with van der Waals surface area (Å²) in [5.41, 5.74) is 1.17. The van der Waals surface area contributed by atoms with Gasteiger partial charge in [0, 0.05) is 37.0 Å². The lowest BCUT2D eigenvalue weighted by atomic mass is 9.96. The minimum atomic E-state index is -4.60. The van der Waals surface area contributed by atoms with Crippen LogP contribution in [0.25, 0.3) is 11.1 Å². The number of carbonyl (C=O) groups excluding carboxylic acids is 2. The first-order valence-electron chi connectivity index (χ1n) is 11.3. The fourth-order valence-electron chi connectivity index (χ4n) is 4.04. The van der Waals surface area contributed by atoms with E-state index < -0.39 is 17.8 Å². The van der Waals surface area contributed by atoms with Crippen molar-refractivity contribution in [2.45, 2.75) is 38.4 Å². The van der Waals surface area contributed by atoms with Crippen LogP contribution in [0.15, 0.2) is 61.2 Å². The number of hydrogen-bond acceptors (Lipinski definition) is 5. The Labute approximate surface area is 201 Å². The Balaban J connectivity index is 1.55. The second kappa shape index (κ2) is 10.2. The lowest BCUT2D eigenvalue weighted by Gasteiger charge is -2.21. The van der Waals surface area contributed by atoms with Gasteiger partial charge in [-0.05, 0) is 79.1 Å². The third-order valence-corrected chi connectivity index (χ3v) is 5.99. The first kappa shape index (κ1) is 24.4. The molecule has 1 fully saturated rings. The van der Waals surface area contributed by atoms with Crippen molar-refractivity contribution in [2.75, 3.05) is 11.9 Å². The maximum absolute atomic E-state index is 14.0. The van der Waals surface area contributed by atoms with Crippen LogP contribution >= 0.6 is 0 Å². The second-order valence-corrected chi connectivity index (χ2v) is 8.61. The molecule has 2 aromatic heterocycles. The highest BCUT2D eigenvalue weighted by atomic mass is 19.4. The normalized spacial score (nSPS) is 14.3. The average Bonchev–Trinajstić information content (AvgIpc) is 3.68. The molecule has 4 rings (SSSR count). The van der Waals surface area contributed by atoms with Crippen LogP contribution in [-0.2, 0) is 17.4 Å². The van der Waals surface area contributed by atoms with Crippen molar-refractivity contribution in [1.29, 1.82) is 0 Å². The van der Waals surface area contributed by atoms with Gasteiger partial charge in [-0.25, -0.2) is 0 Å². The minimum absolute atomic E-state index is 0.0712. The third kappa shape index (κ3) is 6.03. The van der Waals surface area contributed by atoms with Crippen LogP contribution in [0, 0.1) is 5.92 Å². The fraction of sp³-hybridized carbons (Fsp3) is 0.308. The molecule has 3 aromatic rings. The van der Waals surface area contributed by atoms with Gasteiger partial charge in [-0.2, -0.15) is 13.2 Å². The van der Waals surface area contributed by atoms with Crippen LogP contribution < -0.4 is 10.6 Å². The molecule has 1 amide bonds. The number of amides is 1. The Hall–Kier alpha value is -3.75. The standard InChI is InChI=1S/C26H25F3N4O2/c1-16(34)24(17-4-5-17)33-23-7-6-18(13-22(23)26(27,28)29)21-9-11-31-14-19(21)8-12-32-25(35)20-3-2-10-30-15-20/h2-3,6-7,9-11,13-15,17,24,33H,4-5,8,12H2,1H3,(H,32,35). The molecule has 0 saturated heterocycles. The highest BCUT2D eigenvalue weighted by Crippen LogP contribution is 2.41. The molecule has 0 spiro atoms. The van der Waals surface area contributed by atoms with Crippen molar-refractivity contribution in [3.05, 3.63) is 77.9 Å². The SMILES string of the molecule is CC(=O)C(Nc1ccc(-c2ccncc2CCNC(=O)c2cccnc2)cc1C(F)(F)F)C1CC1. The van der Waals surface area contributed by atoms with E-state index in [-0.39, 0.29) is 29.8 Å². The van der Waals surface area contributed by atoms with Gasteiger partial charge in [0.1, 0.15) is 0 Å². The third-order valence-electron chi connectivity index (χ3n) is 5.99. The average molecular weight is 483 g/mol. The van der Waals surface area contributed by atoms with Crippen molar-refractivity contribution in [1.82, 2.24) is 15.3 Å². The summed E-state index contributed by atoms with van der Waals surface area (Å²) in [5, 5.41) is 5.63. The Bertz CT molecular complexity index is 1210. The number of halogens is 3. The highest BCUT2D eigenvalue weighted by Gasteiger charge is 2.38. The molecule has 2 N–H and O–H groups in total. The molecule has 0 aliphatic heterocycles. The number of nitrogens with one attached hydrogen (secondary N) is 2. The van der Waals surface area contributed by atoms with E-state index in [0.717, 1.165) is 18.9 Å². The Morgan fingerprint density at radius 3 is 2.51 bits per heavy atom. The number of nitrogens with zero attached hydrogens (tertiary/aromatic N) is 2. The summed E-state index contributed by atoms with van der Waals surface area (Å²) in [7, 11) is 0. The summed E-state index contributed by atoms with van der Waals surface area (Å²) in [5.74, 6) is -0.384. The molecule has 0 radical (unpaired) electrons. The lowest BCUT2D eigenvalue weighted by Crippen LogP contribution is -2.30. The molecule has 1 atom stereocenters. The zero-order valence-corrected chi connectivity index (χ0v) is 19.1. The van der Waals surface area contributed by atoms with Gasteiger partial charge in [-0.3, -0.25) is 19.6 Å². The molecule has 35 heavy (non-hydrogen) atoms. The first-order chi connectivity index (χ1) is 16.7. The van der Waals surface area contributed by atoms with E-state index in [9.17, 15) is 22.8 Å². The molecule has 1 aliphatic carbocycles. The van der Waals surface area contributed by atoms with Crippen molar-refractivity contribution in [3.8, 4) is 11.1 Å². The quantitative estimate of drug-likeness (QED) is 0.453. The smallest absolute Gasteiger partial charge is 0.375 e. The van der Waals surface area contributed by atoms with Crippen LogP contribution in [0.5, 0.6) is 0 Å². The van der Waals surface area contributed by atoms with E-state index in [1.165, 1.54) is 25.4 Å². The number of hydrogen-bond donors (Lipinski definition) is 2. The largest absolute Gasteiger partial charge is 0.418 e. The molecule has 6 nitrogen and oxygen atoms in total. The Kier molecular flexibility index (Phi) is 7.14. The summed E-state index contributed by atoms with van der Waals surface area (Å²) in [6.45, 7) is 1.67. The van der Waals surface area contributed by atoms with Gasteiger partial charge >= 0.3 is 6.18 Å². The van der Waals surface area contributed by atoms with Crippen LogP contribution in [0.1, 0.15) is 41.3 Å². The van der Waals surface area contributed by atoms with Crippen LogP contribution in [0.4, 0.5) is 18.9 Å². The van der Waals surface area contributed by atoms with E-state index >= 15 is 0 Å². The first-order valence-corrected chi connectivity index (χ1v) is 11.3. The van der Waals surface area contributed by atoms with E-state index in [1.807, 2.05) is 0 Å². The molecule has 182 valence electrons. The Morgan fingerprint density at radius 1 is 1.09 bits per heavy atom. The van der Waals surface area contributed by atoms with Crippen LogP contribution in [0.2, 0.25) is 0 Å². The fourth-order valence-corrected chi connectivity index (χ4v) is 4.04. The predicted molar refractivity (Wildman–Crippen MR) is 126 cm³/mol. The van der Waals surface area contributed by atoms with E-state index in [1.54, 1.807) is 36.7 Å². The number of anilines is 1. The molecule has 0 bridgehead atoms. The topological polar surface area (TPSA) is 84.0 Å². The minimum Gasteiger partial charge on any atom is -0.375 e. The number of ketones is 1. The molecule has 2 heterocycles. The van der Waals surface area contributed by atoms with Crippen molar-refractivity contribution in [3.63, 3.8) is 0 Å². The predicted octanol–water partition coefficient (Wildman–Crippen LogP) is 4.91. The summed E-state index contributed by atoms with van der Waals surface area (Å²) in [6, 6.07) is 8.42. The van der Waals surface area contributed by atoms with Crippen molar-refractivity contribution in [2.24, 2.45) is 5.92 Å². The maximum Gasteiger partial charge on any atom is 0.418 e. The molecular formula is C26H25F3N4O2. The van der Waals surface area contributed by atoms with E-state index in [4.69, 9.17) is 0 Å². The van der Waals surface area contributed by atoms with Gasteiger partial charge in [0.25, 0.3) is 5.91 Å². The zero-order valence-electron chi connectivity index (χ0n) is 19.1. The summed E-state index contributed by atoms with van der Waals surface area (Å²) >= 11 is 0. The second-order valence-electron chi connectivity index (χ2n) is 8.61. The summed E-state index contributed by atoms with van der Waals surface area (Å²) in [6.07, 6.45) is 3.57. The van der Waals surface area contributed by atoms with Crippen LogP contribution in [0.3, 0.4) is 0 Å². The molecule has 1 aliphatic rings. The van der Waals surface area contributed by atoms with Crippen LogP contribution in [-0.4, -0.2) is 34.2 Å². The molecule has 1 aromatic carbocycles. The van der Waals surface area contributed by atoms with Crippen molar-refractivity contribution >= 4 is 17.4 Å². The molecule has 1 unspecified atom stereocenters. The molecule has 1 saturated carbocycles. The van der Waals surface area contributed by atoms with Gasteiger partial charge < -0.3 is 10.6 Å². The van der Waals surface area contributed by atoms with Gasteiger partial charge in [0.05, 0.1) is 17.2 Å². The number of aromatic nitrogens is 2. The number of benzene rings is 1. The monoisotopic (exact) mass is 482 g/mol. The van der Waals surface area contributed by atoms with Gasteiger partial charge in [0.15, 0.2) is 5.78 Å². The number of Topliss-reactive ketones (excluding diaryl/α,β-unsaturated/α-hetero) is 1. The summed E-state index contributed by atoms with van der Waals surface area (Å²) in [4.78, 5) is 32.2. The number of alkyl halides is 3. The number of carbonyl (C=O) groups is 2. The number of pyridine rings is 2. The lowest BCUT2D eigenvalue weighted by molar-refractivity contribution is -0.137. The van der Waals surface area contributed by atoms with Gasteiger partial charge in [-0.1, -0.05) is 6.07 Å². The zero-order chi connectivity index (χ0) is 25.0. The van der Waals surface area contributed by atoms with Crippen molar-refractivity contribution < 1.29 is 22.8 Å². The van der Waals surface area contributed by atoms with E-state index in [0.29, 0.717) is 28.7 Å². The Morgan fingerprint density at radius 2 is 1.86 bits per heavy atom. The molecular weight excluding hydrogens is 457 g/mol. The summed E-state index contributed by atoms with van der Waals surface area (Å²) < 4.78 is 41.9. The highest BCUT2D eigenvalue weighted by molar-refractivity contribution is 5.93. The molecule has 9 heteroatoms. The van der Waals surface area contributed by atoms with E-state index in [2.05, 4.69) is 20.6 Å². The van der Waals surface area contributed by atoms with Gasteiger partial charge in [-0.15, -0.1) is 0 Å². The number of rotatable bonds is 9.